The van der Waals surface area contributed by atoms with E-state index in [4.69, 9.17) is 4.74 Å². The zero-order chi connectivity index (χ0) is 22.3. The van der Waals surface area contributed by atoms with Crippen LogP contribution in [0.1, 0.15) is 5.56 Å². The highest BCUT2D eigenvalue weighted by molar-refractivity contribution is 7.89. The van der Waals surface area contributed by atoms with Crippen molar-refractivity contribution in [2.24, 2.45) is 0 Å². The highest BCUT2D eigenvalue weighted by Gasteiger charge is 2.26. The molecule has 0 radical (unpaired) electrons. The van der Waals surface area contributed by atoms with Crippen molar-refractivity contribution in [3.63, 3.8) is 0 Å². The van der Waals surface area contributed by atoms with E-state index in [1.807, 2.05) is 17.0 Å². The number of ether oxygens (including phenoxy) is 1. The molecule has 2 amide bonds. The zero-order valence-corrected chi connectivity index (χ0v) is 18.2. The van der Waals surface area contributed by atoms with Crippen molar-refractivity contribution in [1.29, 1.82) is 0 Å². The summed E-state index contributed by atoms with van der Waals surface area (Å²) in [7, 11) is -1.89. The van der Waals surface area contributed by atoms with Gasteiger partial charge in [-0.05, 0) is 42.0 Å². The summed E-state index contributed by atoms with van der Waals surface area (Å²) in [6.45, 7) is 2.11. The maximum Gasteiger partial charge on any atom is 0.315 e. The number of anilines is 1. The lowest BCUT2D eigenvalue weighted by Crippen LogP contribution is -2.50. The largest absolute Gasteiger partial charge is 0.497 e. The third kappa shape index (κ3) is 6.56. The molecule has 31 heavy (non-hydrogen) atoms. The Morgan fingerprint density at radius 3 is 2.26 bits per heavy atom. The van der Waals surface area contributed by atoms with E-state index in [-0.39, 0.29) is 18.1 Å². The van der Waals surface area contributed by atoms with Crippen LogP contribution in [0, 0.1) is 5.82 Å². The van der Waals surface area contributed by atoms with Gasteiger partial charge in [0.15, 0.2) is 0 Å². The number of nitrogens with one attached hydrogen (secondary N) is 2. The van der Waals surface area contributed by atoms with Crippen molar-refractivity contribution in [1.82, 2.24) is 14.9 Å². The molecule has 1 aliphatic heterocycles. The molecule has 1 fully saturated rings. The fraction of sp³-hybridized carbons (Fsp3) is 0.381. The van der Waals surface area contributed by atoms with Crippen LogP contribution in [0.2, 0.25) is 0 Å². The van der Waals surface area contributed by atoms with Gasteiger partial charge >= 0.3 is 6.03 Å². The van der Waals surface area contributed by atoms with Gasteiger partial charge in [0.05, 0.1) is 12.9 Å². The number of methoxy groups -OCH3 is 1. The summed E-state index contributed by atoms with van der Waals surface area (Å²) in [5.41, 5.74) is 1.77. The quantitative estimate of drug-likeness (QED) is 0.640. The summed E-state index contributed by atoms with van der Waals surface area (Å²) >= 11 is 0. The van der Waals surface area contributed by atoms with Crippen LogP contribution in [0.25, 0.3) is 0 Å². The molecule has 1 aliphatic rings. The van der Waals surface area contributed by atoms with Gasteiger partial charge in [-0.1, -0.05) is 12.1 Å². The number of carbonyl (C=O) groups excluding carboxylic acids is 1. The Morgan fingerprint density at radius 2 is 1.65 bits per heavy atom. The fourth-order valence-corrected chi connectivity index (χ4v) is 4.63. The molecule has 2 N–H and O–H groups in total. The summed E-state index contributed by atoms with van der Waals surface area (Å²) in [6.07, 6.45) is 0. The van der Waals surface area contributed by atoms with E-state index in [0.29, 0.717) is 32.7 Å². The molecule has 8 nitrogen and oxygen atoms in total. The molecule has 0 aliphatic carbocycles. The fourth-order valence-electron chi connectivity index (χ4n) is 3.29. The number of sulfonamides is 1. The monoisotopic (exact) mass is 450 g/mol. The molecule has 2 aromatic rings. The smallest absolute Gasteiger partial charge is 0.315 e. The minimum atomic E-state index is -3.48. The van der Waals surface area contributed by atoms with E-state index < -0.39 is 16.1 Å². The first-order valence-electron chi connectivity index (χ1n) is 10.0. The van der Waals surface area contributed by atoms with Crippen molar-refractivity contribution in [3.8, 4) is 5.75 Å². The van der Waals surface area contributed by atoms with E-state index in [0.717, 1.165) is 17.0 Å². The highest BCUT2D eigenvalue weighted by Crippen LogP contribution is 2.18. The van der Waals surface area contributed by atoms with Crippen LogP contribution in [-0.2, 0) is 16.6 Å². The molecule has 0 saturated carbocycles. The van der Waals surface area contributed by atoms with Crippen molar-refractivity contribution in [2.45, 2.75) is 6.54 Å². The highest BCUT2D eigenvalue weighted by atomic mass is 32.2. The van der Waals surface area contributed by atoms with E-state index in [9.17, 15) is 17.6 Å². The molecule has 10 heteroatoms. The third-order valence-corrected chi connectivity index (χ3v) is 6.95. The van der Waals surface area contributed by atoms with Crippen molar-refractivity contribution >= 4 is 21.7 Å². The second kappa shape index (κ2) is 10.5. The van der Waals surface area contributed by atoms with E-state index in [1.54, 1.807) is 31.4 Å². The van der Waals surface area contributed by atoms with Crippen LogP contribution in [0.3, 0.4) is 0 Å². The predicted octanol–water partition coefficient (Wildman–Crippen LogP) is 1.79. The molecule has 1 heterocycles. The number of piperazine rings is 1. The SMILES string of the molecule is COc1ccc(CNC(=O)NCCS(=O)(=O)N2CCN(c3ccc(F)cc3)CC2)cc1. The van der Waals surface area contributed by atoms with Crippen LogP contribution in [0.5, 0.6) is 5.75 Å². The number of nitrogens with zero attached hydrogens (tertiary/aromatic N) is 2. The first-order chi connectivity index (χ1) is 14.9. The van der Waals surface area contributed by atoms with Crippen LogP contribution >= 0.6 is 0 Å². The number of amides is 2. The maximum atomic E-state index is 13.1. The number of urea groups is 1. The minimum absolute atomic E-state index is 0.0228. The van der Waals surface area contributed by atoms with Crippen molar-refractivity contribution in [2.75, 3.05) is 50.5 Å². The van der Waals surface area contributed by atoms with Gasteiger partial charge in [0.1, 0.15) is 11.6 Å². The van der Waals surface area contributed by atoms with E-state index in [1.165, 1.54) is 16.4 Å². The van der Waals surface area contributed by atoms with Gasteiger partial charge < -0.3 is 20.3 Å². The summed E-state index contributed by atoms with van der Waals surface area (Å²) in [6, 6.07) is 13.0. The Labute approximate surface area is 182 Å². The summed E-state index contributed by atoms with van der Waals surface area (Å²) in [5, 5.41) is 5.28. The number of carbonyl (C=O) groups is 1. The molecule has 2 aromatic carbocycles. The Kier molecular flexibility index (Phi) is 7.69. The van der Waals surface area contributed by atoms with Gasteiger partial charge in [-0.25, -0.2) is 17.6 Å². The minimum Gasteiger partial charge on any atom is -0.497 e. The second-order valence-corrected chi connectivity index (χ2v) is 9.22. The average molecular weight is 451 g/mol. The van der Waals surface area contributed by atoms with Crippen LogP contribution in [-0.4, -0.2) is 64.3 Å². The molecular weight excluding hydrogens is 423 g/mol. The van der Waals surface area contributed by atoms with Crippen LogP contribution in [0.4, 0.5) is 14.9 Å². The first kappa shape index (κ1) is 22.8. The Bertz CT molecular complexity index is 960. The zero-order valence-electron chi connectivity index (χ0n) is 17.4. The topological polar surface area (TPSA) is 91.0 Å². The molecule has 0 unspecified atom stereocenters. The number of halogens is 1. The van der Waals surface area contributed by atoms with Gasteiger partial charge in [-0.3, -0.25) is 0 Å². The molecular formula is C21H27FN4O4S. The maximum absolute atomic E-state index is 13.1. The summed E-state index contributed by atoms with van der Waals surface area (Å²) in [5.74, 6) is 0.266. The lowest BCUT2D eigenvalue weighted by atomic mass is 10.2. The number of hydrogen-bond acceptors (Lipinski definition) is 5. The van der Waals surface area contributed by atoms with Gasteiger partial charge in [0.2, 0.25) is 10.0 Å². The van der Waals surface area contributed by atoms with Crippen LogP contribution < -0.4 is 20.3 Å². The molecule has 3 rings (SSSR count). The normalized spacial score (nSPS) is 14.8. The van der Waals surface area contributed by atoms with E-state index >= 15 is 0 Å². The number of hydrogen-bond donors (Lipinski definition) is 2. The lowest BCUT2D eigenvalue weighted by Gasteiger charge is -2.35. The van der Waals surface area contributed by atoms with Crippen LogP contribution in [0.15, 0.2) is 48.5 Å². The molecule has 0 atom stereocenters. The molecule has 168 valence electrons. The van der Waals surface area contributed by atoms with Gasteiger partial charge in [-0.2, -0.15) is 4.31 Å². The van der Waals surface area contributed by atoms with Gasteiger partial charge in [-0.15, -0.1) is 0 Å². The molecule has 0 spiro atoms. The predicted molar refractivity (Wildman–Crippen MR) is 117 cm³/mol. The molecule has 1 saturated heterocycles. The molecule has 0 aromatic heterocycles. The third-order valence-electron chi connectivity index (χ3n) is 5.08. The van der Waals surface area contributed by atoms with E-state index in [2.05, 4.69) is 10.6 Å². The second-order valence-electron chi connectivity index (χ2n) is 7.14. The first-order valence-corrected chi connectivity index (χ1v) is 11.6. The van der Waals surface area contributed by atoms with Gasteiger partial charge in [0.25, 0.3) is 0 Å². The summed E-state index contributed by atoms with van der Waals surface area (Å²) < 4.78 is 44.7. The number of benzene rings is 2. The standard InChI is InChI=1S/C21H27FN4O4S/c1-30-20-8-2-17(3-9-20)16-24-21(27)23-10-15-31(28,29)26-13-11-25(12-14-26)19-6-4-18(22)5-7-19/h2-9H,10-16H2,1H3,(H2,23,24,27). The molecule has 0 bridgehead atoms. The average Bonchev–Trinajstić information content (AvgIpc) is 2.78. The summed E-state index contributed by atoms with van der Waals surface area (Å²) in [4.78, 5) is 14.0. The Balaban J connectivity index is 1.38. The van der Waals surface area contributed by atoms with Crippen molar-refractivity contribution < 1.29 is 22.3 Å². The Hall–Kier alpha value is -2.85. The number of rotatable bonds is 8. The van der Waals surface area contributed by atoms with Gasteiger partial charge in [0, 0.05) is 45.0 Å². The Morgan fingerprint density at radius 1 is 1.00 bits per heavy atom. The van der Waals surface area contributed by atoms with Crippen molar-refractivity contribution in [3.05, 3.63) is 59.9 Å². The lowest BCUT2D eigenvalue weighted by molar-refractivity contribution is 0.241.